The largest absolute Gasteiger partial charge is 0.388 e. The number of aliphatic hydroxyl groups is 1. The fraction of sp³-hybridized carbons (Fsp3) is 0.143. The normalized spacial score (nSPS) is 12.4. The average Bonchev–Trinajstić information content (AvgIpc) is 2.34. The average molecular weight is 421 g/mol. The molecule has 1 unspecified atom stereocenters. The van der Waals surface area contributed by atoms with Crippen LogP contribution in [0, 0.1) is 9.39 Å². The molecule has 0 radical (unpaired) electrons. The Morgan fingerprint density at radius 3 is 2.67 bits per heavy atom. The summed E-state index contributed by atoms with van der Waals surface area (Å²) in [6.07, 6.45) is -0.101. The first kappa shape index (κ1) is 14.0. The van der Waals surface area contributed by atoms with E-state index in [4.69, 9.17) is 0 Å². The Morgan fingerprint density at radius 1 is 1.22 bits per heavy atom. The van der Waals surface area contributed by atoms with Gasteiger partial charge in [0.25, 0.3) is 0 Å². The van der Waals surface area contributed by atoms with Gasteiger partial charge in [0.1, 0.15) is 5.82 Å². The summed E-state index contributed by atoms with van der Waals surface area (Å²) in [5.74, 6) is -0.289. The van der Waals surface area contributed by atoms with Gasteiger partial charge >= 0.3 is 0 Å². The zero-order valence-corrected chi connectivity index (χ0v) is 13.2. The smallest absolute Gasteiger partial charge is 0.137 e. The molecule has 0 aromatic heterocycles. The SMILES string of the molecule is OC(Cc1ccc(F)c(Br)c1)c1cccc(I)c1. The summed E-state index contributed by atoms with van der Waals surface area (Å²) >= 11 is 5.36. The van der Waals surface area contributed by atoms with Crippen molar-refractivity contribution in [2.45, 2.75) is 12.5 Å². The molecule has 0 spiro atoms. The van der Waals surface area contributed by atoms with Crippen molar-refractivity contribution < 1.29 is 9.50 Å². The molecular weight excluding hydrogens is 410 g/mol. The van der Waals surface area contributed by atoms with Crippen molar-refractivity contribution in [2.24, 2.45) is 0 Å². The van der Waals surface area contributed by atoms with E-state index in [1.165, 1.54) is 6.07 Å². The van der Waals surface area contributed by atoms with E-state index in [0.717, 1.165) is 14.7 Å². The van der Waals surface area contributed by atoms with E-state index in [0.29, 0.717) is 10.9 Å². The standard InChI is InChI=1S/C14H11BrFIO/c15-12-6-9(4-5-13(12)16)7-14(18)10-2-1-3-11(17)8-10/h1-6,8,14,18H,7H2. The van der Waals surface area contributed by atoms with Gasteiger partial charge in [-0.2, -0.15) is 0 Å². The maximum atomic E-state index is 13.1. The first-order chi connectivity index (χ1) is 8.56. The van der Waals surface area contributed by atoms with Gasteiger partial charge in [-0.25, -0.2) is 4.39 Å². The van der Waals surface area contributed by atoms with Crippen molar-refractivity contribution in [2.75, 3.05) is 0 Å². The topological polar surface area (TPSA) is 20.2 Å². The Kier molecular flexibility index (Phi) is 4.75. The van der Waals surface area contributed by atoms with Crippen LogP contribution in [0.15, 0.2) is 46.9 Å². The molecule has 0 aliphatic rings. The Morgan fingerprint density at radius 2 is 2.00 bits per heavy atom. The van der Waals surface area contributed by atoms with Crippen LogP contribution in [-0.4, -0.2) is 5.11 Å². The molecule has 1 N–H and O–H groups in total. The third kappa shape index (κ3) is 3.52. The Balaban J connectivity index is 2.16. The fourth-order valence-corrected chi connectivity index (χ4v) is 2.71. The van der Waals surface area contributed by atoms with Crippen LogP contribution in [0.25, 0.3) is 0 Å². The number of halogens is 3. The zero-order valence-electron chi connectivity index (χ0n) is 9.41. The second kappa shape index (κ2) is 6.12. The lowest BCUT2D eigenvalue weighted by Gasteiger charge is -2.12. The predicted octanol–water partition coefficient (Wildman–Crippen LogP) is 4.47. The summed E-state index contributed by atoms with van der Waals surface area (Å²) < 4.78 is 14.6. The number of rotatable bonds is 3. The lowest BCUT2D eigenvalue weighted by molar-refractivity contribution is 0.178. The molecule has 0 saturated heterocycles. The van der Waals surface area contributed by atoms with E-state index in [-0.39, 0.29) is 5.82 Å². The van der Waals surface area contributed by atoms with Gasteiger partial charge in [0, 0.05) is 9.99 Å². The van der Waals surface area contributed by atoms with Gasteiger partial charge in [0.05, 0.1) is 10.6 Å². The molecule has 4 heteroatoms. The van der Waals surface area contributed by atoms with E-state index in [1.54, 1.807) is 12.1 Å². The van der Waals surface area contributed by atoms with Gasteiger partial charge < -0.3 is 5.11 Å². The zero-order chi connectivity index (χ0) is 13.1. The molecule has 2 aromatic rings. The monoisotopic (exact) mass is 420 g/mol. The highest BCUT2D eigenvalue weighted by atomic mass is 127. The summed E-state index contributed by atoms with van der Waals surface area (Å²) in [5, 5.41) is 10.1. The molecule has 0 bridgehead atoms. The van der Waals surface area contributed by atoms with E-state index >= 15 is 0 Å². The molecule has 94 valence electrons. The highest BCUT2D eigenvalue weighted by molar-refractivity contribution is 14.1. The van der Waals surface area contributed by atoms with Gasteiger partial charge in [0.2, 0.25) is 0 Å². The quantitative estimate of drug-likeness (QED) is 0.726. The summed E-state index contributed by atoms with van der Waals surface area (Å²) in [7, 11) is 0. The predicted molar refractivity (Wildman–Crippen MR) is 81.9 cm³/mol. The van der Waals surface area contributed by atoms with Gasteiger partial charge in [-0.15, -0.1) is 0 Å². The molecule has 0 amide bonds. The third-order valence-corrected chi connectivity index (χ3v) is 3.93. The fourth-order valence-electron chi connectivity index (χ4n) is 1.72. The van der Waals surface area contributed by atoms with Crippen LogP contribution in [0.3, 0.4) is 0 Å². The van der Waals surface area contributed by atoms with Crippen LogP contribution >= 0.6 is 38.5 Å². The molecule has 0 fully saturated rings. The number of hydrogen-bond acceptors (Lipinski definition) is 1. The Labute approximate surface area is 127 Å². The van der Waals surface area contributed by atoms with Crippen LogP contribution in [0.4, 0.5) is 4.39 Å². The second-order valence-corrected chi connectivity index (χ2v) is 6.12. The molecule has 2 rings (SSSR count). The summed E-state index contributed by atoms with van der Waals surface area (Å²) in [4.78, 5) is 0. The molecule has 2 aromatic carbocycles. The minimum Gasteiger partial charge on any atom is -0.388 e. The molecular formula is C14H11BrFIO. The minimum absolute atomic E-state index is 0.289. The van der Waals surface area contributed by atoms with Crippen LogP contribution in [0.5, 0.6) is 0 Å². The van der Waals surface area contributed by atoms with E-state index in [2.05, 4.69) is 38.5 Å². The molecule has 1 atom stereocenters. The van der Waals surface area contributed by atoms with Crippen molar-refractivity contribution >= 4 is 38.5 Å². The summed E-state index contributed by atoms with van der Waals surface area (Å²) in [6.45, 7) is 0. The second-order valence-electron chi connectivity index (χ2n) is 4.02. The Hall–Kier alpha value is -0.460. The van der Waals surface area contributed by atoms with Gasteiger partial charge in [-0.3, -0.25) is 0 Å². The van der Waals surface area contributed by atoms with Crippen molar-refractivity contribution in [1.82, 2.24) is 0 Å². The summed E-state index contributed by atoms with van der Waals surface area (Å²) in [5.41, 5.74) is 1.77. The van der Waals surface area contributed by atoms with Crippen LogP contribution < -0.4 is 0 Å². The Bertz CT molecular complexity index is 559. The van der Waals surface area contributed by atoms with Crippen LogP contribution in [-0.2, 0) is 6.42 Å². The molecule has 0 aliphatic carbocycles. The number of aliphatic hydroxyl groups excluding tert-OH is 1. The molecule has 1 nitrogen and oxygen atoms in total. The van der Waals surface area contributed by atoms with Gasteiger partial charge in [-0.05, 0) is 73.9 Å². The maximum Gasteiger partial charge on any atom is 0.137 e. The van der Waals surface area contributed by atoms with Gasteiger partial charge in [0.15, 0.2) is 0 Å². The highest BCUT2D eigenvalue weighted by Crippen LogP contribution is 2.23. The van der Waals surface area contributed by atoms with E-state index < -0.39 is 6.10 Å². The van der Waals surface area contributed by atoms with Crippen molar-refractivity contribution in [3.05, 3.63) is 67.5 Å². The third-order valence-electron chi connectivity index (χ3n) is 2.65. The molecule has 0 aliphatic heterocycles. The van der Waals surface area contributed by atoms with Crippen LogP contribution in [0.2, 0.25) is 0 Å². The highest BCUT2D eigenvalue weighted by Gasteiger charge is 2.10. The number of benzene rings is 2. The van der Waals surface area contributed by atoms with Gasteiger partial charge in [-0.1, -0.05) is 18.2 Å². The van der Waals surface area contributed by atoms with E-state index in [9.17, 15) is 9.50 Å². The first-order valence-corrected chi connectivity index (χ1v) is 7.31. The van der Waals surface area contributed by atoms with Crippen LogP contribution in [0.1, 0.15) is 17.2 Å². The summed E-state index contributed by atoms with van der Waals surface area (Å²) in [6, 6.07) is 12.5. The van der Waals surface area contributed by atoms with Crippen molar-refractivity contribution in [3.8, 4) is 0 Å². The first-order valence-electron chi connectivity index (χ1n) is 5.44. The molecule has 18 heavy (non-hydrogen) atoms. The molecule has 0 saturated carbocycles. The van der Waals surface area contributed by atoms with Crippen molar-refractivity contribution in [3.63, 3.8) is 0 Å². The maximum absolute atomic E-state index is 13.1. The van der Waals surface area contributed by atoms with E-state index in [1.807, 2.05) is 24.3 Å². The van der Waals surface area contributed by atoms with Crippen molar-refractivity contribution in [1.29, 1.82) is 0 Å². The lowest BCUT2D eigenvalue weighted by atomic mass is 10.0. The molecule has 0 heterocycles. The minimum atomic E-state index is -0.572. The lowest BCUT2D eigenvalue weighted by Crippen LogP contribution is -2.02. The number of hydrogen-bond donors (Lipinski definition) is 1.